The summed E-state index contributed by atoms with van der Waals surface area (Å²) in [5.41, 5.74) is 3.22. The van der Waals surface area contributed by atoms with Crippen LogP contribution in [0.15, 0.2) is 87.7 Å². The van der Waals surface area contributed by atoms with E-state index in [1.54, 1.807) is 60.7 Å². The highest BCUT2D eigenvalue weighted by Gasteiger charge is 2.30. The van der Waals surface area contributed by atoms with Crippen molar-refractivity contribution in [2.24, 2.45) is 5.16 Å². The Kier molecular flexibility index (Phi) is 6.27. The Bertz CT molecular complexity index is 1400. The van der Waals surface area contributed by atoms with Crippen LogP contribution in [0.1, 0.15) is 29.5 Å². The van der Waals surface area contributed by atoms with E-state index in [1.165, 1.54) is 16.4 Å². The molecule has 9 heteroatoms. The van der Waals surface area contributed by atoms with Gasteiger partial charge in [0, 0.05) is 12.1 Å². The van der Waals surface area contributed by atoms with Gasteiger partial charge in [-0.25, -0.2) is 8.42 Å². The van der Waals surface area contributed by atoms with Crippen molar-refractivity contribution in [1.29, 1.82) is 0 Å². The lowest BCUT2D eigenvalue weighted by Gasteiger charge is -2.24. The number of hydrogen-bond donors (Lipinski definition) is 0. The molecule has 0 saturated heterocycles. The molecular weight excluding hydrogens is 460 g/mol. The molecule has 0 radical (unpaired) electrons. The fourth-order valence-electron chi connectivity index (χ4n) is 3.60. The normalized spacial score (nSPS) is 15.7. The average molecular weight is 485 g/mol. The van der Waals surface area contributed by atoms with Gasteiger partial charge in [0.1, 0.15) is 4.90 Å². The Labute approximate surface area is 194 Å². The molecule has 0 unspecified atom stereocenters. The van der Waals surface area contributed by atoms with Gasteiger partial charge in [-0.2, -0.15) is 8.42 Å². The summed E-state index contributed by atoms with van der Waals surface area (Å²) in [4.78, 5) is 0.199. The molecule has 7 nitrogen and oxygen atoms in total. The first kappa shape index (κ1) is 23.0. The van der Waals surface area contributed by atoms with Gasteiger partial charge < -0.3 is 0 Å². The third-order valence-corrected chi connectivity index (χ3v) is 8.37. The molecule has 0 saturated carbocycles. The van der Waals surface area contributed by atoms with Gasteiger partial charge in [0.25, 0.3) is 10.0 Å². The maximum absolute atomic E-state index is 13.4. The molecule has 0 fully saturated rings. The van der Waals surface area contributed by atoms with Crippen LogP contribution in [0.5, 0.6) is 0 Å². The van der Waals surface area contributed by atoms with E-state index in [2.05, 4.69) is 5.16 Å². The lowest BCUT2D eigenvalue weighted by molar-refractivity contribution is 0.338. The van der Waals surface area contributed by atoms with Crippen molar-refractivity contribution in [3.8, 4) is 0 Å². The standard InChI is InChI=1S/C24H24N2O5S2/c1-18-9-13-20(14-10-18)32(27,28)26-17-5-7-23(22-6-3-4-8-24(22)26)25-31-33(29,30)21-15-11-19(2)12-16-21/h3-4,6,8-16H,5,7,17H2,1-2H3/b25-23-. The highest BCUT2D eigenvalue weighted by atomic mass is 32.2. The van der Waals surface area contributed by atoms with Crippen LogP contribution >= 0.6 is 0 Å². The fraction of sp³-hybridized carbons (Fsp3) is 0.208. The lowest BCUT2D eigenvalue weighted by Crippen LogP contribution is -2.31. The van der Waals surface area contributed by atoms with E-state index in [1.807, 2.05) is 13.8 Å². The quantitative estimate of drug-likeness (QED) is 0.501. The molecule has 1 aliphatic rings. The van der Waals surface area contributed by atoms with Crippen LogP contribution in [-0.2, 0) is 24.4 Å². The summed E-state index contributed by atoms with van der Waals surface area (Å²) in [6.45, 7) is 3.98. The first-order chi connectivity index (χ1) is 15.7. The predicted molar refractivity (Wildman–Crippen MR) is 127 cm³/mol. The molecule has 33 heavy (non-hydrogen) atoms. The van der Waals surface area contributed by atoms with Crippen molar-refractivity contribution in [2.75, 3.05) is 10.8 Å². The molecular formula is C24H24N2O5S2. The number of nitrogens with zero attached hydrogens (tertiary/aromatic N) is 2. The molecule has 0 bridgehead atoms. The van der Waals surface area contributed by atoms with Gasteiger partial charge in [0.2, 0.25) is 0 Å². The molecule has 1 heterocycles. The Balaban J connectivity index is 1.70. The Morgan fingerprint density at radius 2 is 1.36 bits per heavy atom. The summed E-state index contributed by atoms with van der Waals surface area (Å²) in [6, 6.07) is 19.9. The minimum Gasteiger partial charge on any atom is -0.266 e. The molecule has 0 aliphatic carbocycles. The molecule has 0 amide bonds. The van der Waals surface area contributed by atoms with Crippen LogP contribution in [0.2, 0.25) is 0 Å². The Hall–Kier alpha value is -3.17. The second-order valence-corrected chi connectivity index (χ2v) is 11.3. The third-order valence-electron chi connectivity index (χ3n) is 5.42. The summed E-state index contributed by atoms with van der Waals surface area (Å²) < 4.78 is 58.4. The van der Waals surface area contributed by atoms with Crippen LogP contribution < -0.4 is 4.31 Å². The number of rotatable bonds is 5. The number of aryl methyl sites for hydroxylation is 2. The zero-order valence-electron chi connectivity index (χ0n) is 18.3. The Morgan fingerprint density at radius 1 is 0.788 bits per heavy atom. The highest BCUT2D eigenvalue weighted by molar-refractivity contribution is 7.92. The van der Waals surface area contributed by atoms with Crippen LogP contribution in [0.4, 0.5) is 5.69 Å². The van der Waals surface area contributed by atoms with Crippen LogP contribution in [-0.4, -0.2) is 29.1 Å². The van der Waals surface area contributed by atoms with Crippen molar-refractivity contribution in [3.63, 3.8) is 0 Å². The predicted octanol–water partition coefficient (Wildman–Crippen LogP) is 4.40. The number of para-hydroxylation sites is 1. The molecule has 4 rings (SSSR count). The van der Waals surface area contributed by atoms with Crippen molar-refractivity contribution in [3.05, 3.63) is 89.5 Å². The van der Waals surface area contributed by atoms with E-state index in [4.69, 9.17) is 4.28 Å². The van der Waals surface area contributed by atoms with Gasteiger partial charge in [0.05, 0.1) is 16.3 Å². The molecule has 3 aromatic rings. The Morgan fingerprint density at radius 3 is 2.00 bits per heavy atom. The maximum Gasteiger partial charge on any atom is 0.358 e. The lowest BCUT2D eigenvalue weighted by atomic mass is 10.1. The number of fused-ring (bicyclic) bond motifs is 1. The minimum absolute atomic E-state index is 0.00272. The molecule has 0 aromatic heterocycles. The van der Waals surface area contributed by atoms with Crippen molar-refractivity contribution < 1.29 is 21.1 Å². The van der Waals surface area contributed by atoms with Gasteiger partial charge in [-0.05, 0) is 57.0 Å². The second-order valence-electron chi connectivity index (χ2n) is 7.89. The maximum atomic E-state index is 13.4. The number of hydrogen-bond acceptors (Lipinski definition) is 6. The molecule has 1 aliphatic heterocycles. The second kappa shape index (κ2) is 8.99. The van der Waals surface area contributed by atoms with Gasteiger partial charge >= 0.3 is 10.1 Å². The highest BCUT2D eigenvalue weighted by Crippen LogP contribution is 2.32. The molecule has 0 spiro atoms. The summed E-state index contributed by atoms with van der Waals surface area (Å²) >= 11 is 0. The van der Waals surface area contributed by atoms with Crippen molar-refractivity contribution in [2.45, 2.75) is 36.5 Å². The van der Waals surface area contributed by atoms with E-state index in [-0.39, 0.29) is 16.3 Å². The van der Waals surface area contributed by atoms with Gasteiger partial charge in [-0.15, -0.1) is 0 Å². The molecule has 0 atom stereocenters. The first-order valence-corrected chi connectivity index (χ1v) is 13.3. The fourth-order valence-corrected chi connectivity index (χ4v) is 5.87. The number of sulfonamides is 1. The van der Waals surface area contributed by atoms with Gasteiger partial charge in [-0.3, -0.25) is 8.59 Å². The van der Waals surface area contributed by atoms with E-state index in [0.717, 1.165) is 11.1 Å². The SMILES string of the molecule is Cc1ccc(S(=O)(=O)O/N=C2/CCCN(S(=O)(=O)c3ccc(C)cc3)c3ccccc32)cc1. The minimum atomic E-state index is -4.10. The topological polar surface area (TPSA) is 93.1 Å². The summed E-state index contributed by atoms with van der Waals surface area (Å²) in [5, 5.41) is 3.96. The summed E-state index contributed by atoms with van der Waals surface area (Å²) in [5.74, 6) is 0. The van der Waals surface area contributed by atoms with Crippen LogP contribution in [0, 0.1) is 13.8 Å². The van der Waals surface area contributed by atoms with E-state index >= 15 is 0 Å². The monoisotopic (exact) mass is 484 g/mol. The molecule has 172 valence electrons. The van der Waals surface area contributed by atoms with Gasteiger partial charge in [0.15, 0.2) is 0 Å². The summed E-state index contributed by atoms with van der Waals surface area (Å²) in [6.07, 6.45) is 0.812. The number of anilines is 1. The molecule has 0 N–H and O–H groups in total. The first-order valence-electron chi connectivity index (χ1n) is 10.4. The smallest absolute Gasteiger partial charge is 0.266 e. The summed E-state index contributed by atoms with van der Waals surface area (Å²) in [7, 11) is -7.91. The van der Waals surface area contributed by atoms with Crippen molar-refractivity contribution in [1.82, 2.24) is 0 Å². The zero-order valence-corrected chi connectivity index (χ0v) is 19.9. The van der Waals surface area contributed by atoms with Crippen molar-refractivity contribution >= 4 is 31.5 Å². The molecule has 3 aromatic carbocycles. The van der Waals surface area contributed by atoms with Crippen LogP contribution in [0.25, 0.3) is 0 Å². The van der Waals surface area contributed by atoms with E-state index < -0.39 is 20.1 Å². The van der Waals surface area contributed by atoms with Crippen LogP contribution in [0.3, 0.4) is 0 Å². The largest absolute Gasteiger partial charge is 0.358 e. The van der Waals surface area contributed by atoms with E-state index in [0.29, 0.717) is 29.8 Å². The number of oxime groups is 1. The third kappa shape index (κ3) is 4.79. The average Bonchev–Trinajstić information content (AvgIpc) is 2.98. The van der Waals surface area contributed by atoms with E-state index in [9.17, 15) is 16.8 Å². The zero-order chi connectivity index (χ0) is 23.6. The number of benzene rings is 3. The van der Waals surface area contributed by atoms with Gasteiger partial charge in [-0.1, -0.05) is 58.7 Å².